The lowest BCUT2D eigenvalue weighted by molar-refractivity contribution is 0.459. The molecule has 2 heterocycles. The summed E-state index contributed by atoms with van der Waals surface area (Å²) in [5.41, 5.74) is 3.90. The van der Waals surface area contributed by atoms with Crippen LogP contribution < -0.4 is 10.3 Å². The van der Waals surface area contributed by atoms with Gasteiger partial charge in [0, 0.05) is 10.9 Å². The van der Waals surface area contributed by atoms with E-state index in [9.17, 15) is 37.3 Å². The van der Waals surface area contributed by atoms with Crippen LogP contribution in [-0.4, -0.2) is 47.2 Å². The summed E-state index contributed by atoms with van der Waals surface area (Å²) in [6.45, 7) is 5.15. The number of phenols is 2. The first-order valence-corrected chi connectivity index (χ1v) is 17.7. The minimum Gasteiger partial charge on any atom is -0.507 e. The number of hydrogen-bond acceptors (Lipinski definition) is 12. The fraction of sp³-hybridized carbons (Fsp3) is 0.0968. The van der Waals surface area contributed by atoms with E-state index < -0.39 is 20.0 Å². The van der Waals surface area contributed by atoms with E-state index in [2.05, 4.69) is 30.4 Å². The van der Waals surface area contributed by atoms with Crippen LogP contribution in [0.15, 0.2) is 90.9 Å². The highest BCUT2D eigenvalue weighted by atomic mass is 35.5. The molecule has 50 heavy (non-hydrogen) atoms. The van der Waals surface area contributed by atoms with Gasteiger partial charge in [-0.2, -0.15) is 10.2 Å². The van der Waals surface area contributed by atoms with Crippen molar-refractivity contribution in [2.24, 2.45) is 30.7 Å². The van der Waals surface area contributed by atoms with Gasteiger partial charge in [0.2, 0.25) is 31.8 Å². The molecular weight excluding hydrogens is 712 g/mol. The number of H-pyrrole nitrogens is 2. The number of aromatic nitrogens is 2. The molecule has 0 aliphatic carbocycles. The average Bonchev–Trinajstić information content (AvgIpc) is 3.54. The van der Waals surface area contributed by atoms with E-state index in [4.69, 9.17) is 21.9 Å². The number of benzene rings is 4. The van der Waals surface area contributed by atoms with E-state index in [1.54, 1.807) is 32.9 Å². The predicted octanol–water partition coefficient (Wildman–Crippen LogP) is 6.86. The SMILES string of the molecule is Cc1cc2[nH]c(O)c(N=Nc3ccc(S(N)(=O)=O)cc3)c2c(C)c1O.Cc1cc2[nH]c(O)c(N=Nc3ccc(S(N)(=O)=O)cc3)c2c(Cl)c1O. The largest absolute Gasteiger partial charge is 0.507 e. The normalized spacial score (nSPS) is 12.3. The number of sulfonamides is 2. The Balaban J connectivity index is 0.000000194. The van der Waals surface area contributed by atoms with E-state index in [0.29, 0.717) is 49.9 Å². The lowest BCUT2D eigenvalue weighted by atomic mass is 10.1. The third kappa shape index (κ3) is 7.24. The Hall–Kier alpha value is -5.53. The number of nitrogens with two attached hydrogens (primary N) is 2. The van der Waals surface area contributed by atoms with E-state index in [1.165, 1.54) is 48.5 Å². The number of primary sulfonamides is 2. The first-order valence-electron chi connectivity index (χ1n) is 14.2. The zero-order valence-electron chi connectivity index (χ0n) is 26.3. The van der Waals surface area contributed by atoms with Crippen molar-refractivity contribution in [3.8, 4) is 23.3 Å². The van der Waals surface area contributed by atoms with Crippen LogP contribution in [0.5, 0.6) is 23.3 Å². The number of hydrogen-bond donors (Lipinski definition) is 8. The minimum absolute atomic E-state index is 0.0300. The molecule has 10 N–H and O–H groups in total. The van der Waals surface area contributed by atoms with Crippen LogP contribution in [0.1, 0.15) is 16.7 Å². The van der Waals surface area contributed by atoms with E-state index in [0.717, 1.165) is 0 Å². The van der Waals surface area contributed by atoms with Gasteiger partial charge < -0.3 is 30.4 Å². The van der Waals surface area contributed by atoms with Crippen LogP contribution in [0.3, 0.4) is 0 Å². The summed E-state index contributed by atoms with van der Waals surface area (Å²) in [4.78, 5) is 5.43. The Morgan fingerprint density at radius 1 is 0.600 bits per heavy atom. The first-order chi connectivity index (χ1) is 23.4. The molecule has 6 aromatic rings. The van der Waals surface area contributed by atoms with Crippen molar-refractivity contribution in [3.63, 3.8) is 0 Å². The molecule has 0 radical (unpaired) electrons. The van der Waals surface area contributed by atoms with Crippen molar-refractivity contribution in [3.05, 3.63) is 82.4 Å². The number of nitrogens with one attached hydrogen (secondary N) is 2. The molecule has 0 spiro atoms. The third-order valence-electron chi connectivity index (χ3n) is 7.45. The fourth-order valence-corrected chi connectivity index (χ4v) is 6.27. The van der Waals surface area contributed by atoms with Crippen molar-refractivity contribution < 1.29 is 37.3 Å². The van der Waals surface area contributed by atoms with Crippen molar-refractivity contribution >= 4 is 76.2 Å². The second-order valence-electron chi connectivity index (χ2n) is 11.0. The molecule has 0 atom stereocenters. The summed E-state index contributed by atoms with van der Waals surface area (Å²) in [5, 5.41) is 67.1. The maximum absolute atomic E-state index is 11.2. The average molecular weight is 741 g/mol. The van der Waals surface area contributed by atoms with E-state index in [1.807, 2.05) is 0 Å². The number of fused-ring (bicyclic) bond motifs is 2. The van der Waals surface area contributed by atoms with Crippen molar-refractivity contribution in [1.29, 1.82) is 0 Å². The summed E-state index contributed by atoms with van der Waals surface area (Å²) < 4.78 is 44.9. The van der Waals surface area contributed by atoms with Crippen LogP contribution >= 0.6 is 11.6 Å². The molecular formula is C31H29ClN8O8S2. The summed E-state index contributed by atoms with van der Waals surface area (Å²) >= 11 is 6.14. The highest BCUT2D eigenvalue weighted by molar-refractivity contribution is 7.89. The third-order valence-corrected chi connectivity index (χ3v) is 9.68. The molecule has 0 fully saturated rings. The van der Waals surface area contributed by atoms with E-state index in [-0.39, 0.29) is 49.4 Å². The molecule has 19 heteroatoms. The molecule has 0 bridgehead atoms. The number of nitrogens with zero attached hydrogens (tertiary/aromatic N) is 4. The molecule has 0 saturated heterocycles. The Bertz CT molecular complexity index is 2390. The quantitative estimate of drug-likeness (QED) is 0.0832. The van der Waals surface area contributed by atoms with Crippen LogP contribution in [0.2, 0.25) is 5.02 Å². The Morgan fingerprint density at radius 2 is 0.980 bits per heavy atom. The van der Waals surface area contributed by atoms with Gasteiger partial charge in [-0.1, -0.05) is 11.6 Å². The molecule has 2 aromatic heterocycles. The minimum atomic E-state index is -3.79. The number of aromatic hydroxyl groups is 4. The van der Waals surface area contributed by atoms with Crippen LogP contribution in [0.4, 0.5) is 22.7 Å². The molecule has 0 aliphatic rings. The standard InChI is InChI=1S/C16H16N4O4S.C15H13ClN4O4S/c1-8-7-12-13(9(2)15(8)21)14(16(22)18-12)20-19-10-3-5-11(6-4-10)25(17,23)24;1-7-6-10-11(12(16)14(7)21)13(15(22)18-10)20-19-8-2-4-9(5-3-8)25(17,23)24/h3-7,18,21-22H,1-2H3,(H2,17,23,24);2-6,18,21-22H,1H3,(H2,17,23,24). The van der Waals surface area contributed by atoms with Crippen LogP contribution in [0.25, 0.3) is 21.8 Å². The van der Waals surface area contributed by atoms with Crippen molar-refractivity contribution in [2.75, 3.05) is 0 Å². The molecule has 260 valence electrons. The van der Waals surface area contributed by atoms with Crippen molar-refractivity contribution in [1.82, 2.24) is 9.97 Å². The number of phenolic OH excluding ortho intramolecular Hbond substituents is 2. The van der Waals surface area contributed by atoms with Gasteiger partial charge in [-0.25, -0.2) is 27.1 Å². The summed E-state index contributed by atoms with van der Waals surface area (Å²) in [6, 6.07) is 14.3. The van der Waals surface area contributed by atoms with E-state index >= 15 is 0 Å². The number of azo groups is 2. The first kappa shape index (κ1) is 35.8. The number of aryl methyl sites for hydroxylation is 3. The Kier molecular flexibility index (Phi) is 9.59. The lowest BCUT2D eigenvalue weighted by Crippen LogP contribution is -2.11. The maximum Gasteiger partial charge on any atom is 0.238 e. The molecule has 0 unspecified atom stereocenters. The second-order valence-corrected chi connectivity index (χ2v) is 14.5. The van der Waals surface area contributed by atoms with Crippen molar-refractivity contribution in [2.45, 2.75) is 30.6 Å². The van der Waals surface area contributed by atoms with Gasteiger partial charge in [0.1, 0.15) is 11.5 Å². The van der Waals surface area contributed by atoms with Crippen LogP contribution in [-0.2, 0) is 20.0 Å². The number of rotatable bonds is 6. The van der Waals surface area contributed by atoms with Gasteiger partial charge in [-0.15, -0.1) is 10.2 Å². The number of aromatic amines is 2. The Labute approximate surface area is 289 Å². The summed E-state index contributed by atoms with van der Waals surface area (Å²) in [5.74, 6) is -0.414. The lowest BCUT2D eigenvalue weighted by Gasteiger charge is -2.04. The molecule has 6 rings (SSSR count). The molecule has 0 saturated carbocycles. The zero-order valence-corrected chi connectivity index (χ0v) is 28.7. The van der Waals surface area contributed by atoms with Gasteiger partial charge in [-0.05, 0) is 92.6 Å². The summed E-state index contributed by atoms with van der Waals surface area (Å²) in [6.07, 6.45) is 0. The highest BCUT2D eigenvalue weighted by Gasteiger charge is 2.19. The van der Waals surface area contributed by atoms with Gasteiger partial charge in [0.15, 0.2) is 11.4 Å². The molecule has 4 aromatic carbocycles. The number of halogens is 1. The van der Waals surface area contributed by atoms with Gasteiger partial charge in [0.25, 0.3) is 0 Å². The molecule has 0 amide bonds. The predicted molar refractivity (Wildman–Crippen MR) is 186 cm³/mol. The fourth-order valence-electron chi connectivity index (χ4n) is 4.90. The van der Waals surface area contributed by atoms with Crippen LogP contribution in [0, 0.1) is 20.8 Å². The monoisotopic (exact) mass is 740 g/mol. The van der Waals surface area contributed by atoms with Gasteiger partial charge >= 0.3 is 0 Å². The molecule has 0 aliphatic heterocycles. The maximum atomic E-state index is 11.2. The topological polar surface area (TPSA) is 282 Å². The highest BCUT2D eigenvalue weighted by Crippen LogP contribution is 2.45. The second kappa shape index (κ2) is 13.4. The smallest absolute Gasteiger partial charge is 0.238 e. The van der Waals surface area contributed by atoms with Gasteiger partial charge in [-0.3, -0.25) is 0 Å². The van der Waals surface area contributed by atoms with Gasteiger partial charge in [0.05, 0.1) is 42.6 Å². The zero-order chi connectivity index (χ0) is 36.7. The summed E-state index contributed by atoms with van der Waals surface area (Å²) in [7, 11) is -7.56. The Morgan fingerprint density at radius 3 is 1.40 bits per heavy atom. The molecule has 16 nitrogen and oxygen atoms in total.